The molecule has 6 aromatic rings. The molecule has 10 nitrogen and oxygen atoms in total. The van der Waals surface area contributed by atoms with E-state index in [9.17, 15) is 14.7 Å². The first kappa shape index (κ1) is 36.8. The molecule has 0 aliphatic carbocycles. The number of ether oxygens (including phenoxy) is 1. The van der Waals surface area contributed by atoms with E-state index in [1.807, 2.05) is 115 Å². The van der Waals surface area contributed by atoms with Crippen molar-refractivity contribution in [1.82, 2.24) is 10.0 Å². The van der Waals surface area contributed by atoms with Crippen molar-refractivity contribution in [1.29, 1.82) is 0 Å². The fourth-order valence-corrected chi connectivity index (χ4v) is 7.32. The zero-order chi connectivity index (χ0) is 38.0. The summed E-state index contributed by atoms with van der Waals surface area (Å²) in [6.45, 7) is -0.166. The lowest BCUT2D eigenvalue weighted by Gasteiger charge is -2.36. The van der Waals surface area contributed by atoms with Crippen molar-refractivity contribution < 1.29 is 29.1 Å². The molecular formula is C44H38N4O6S. The Labute approximate surface area is 322 Å². The number of nitrogens with zero attached hydrogens (tertiary/aromatic N) is 3. The van der Waals surface area contributed by atoms with Crippen molar-refractivity contribution in [2.75, 3.05) is 19.0 Å². The van der Waals surface area contributed by atoms with Crippen molar-refractivity contribution >= 4 is 33.9 Å². The number of anilines is 1. The van der Waals surface area contributed by atoms with Gasteiger partial charge in [0, 0.05) is 11.8 Å². The molecule has 0 bridgehead atoms. The smallest absolute Gasteiger partial charge is 0.360 e. The summed E-state index contributed by atoms with van der Waals surface area (Å²) >= 11 is 1.26. The maximum atomic E-state index is 13.0. The van der Waals surface area contributed by atoms with Crippen LogP contribution < -0.4 is 5.32 Å². The number of methoxy groups -OCH3 is 1. The maximum absolute atomic E-state index is 13.0. The second-order valence-corrected chi connectivity index (χ2v) is 13.6. The fraction of sp³-hybridized carbons (Fsp3) is 0.136. The monoisotopic (exact) mass is 750 g/mol. The highest BCUT2D eigenvalue weighted by molar-refractivity contribution is 7.14. The molecule has 1 atom stereocenters. The van der Waals surface area contributed by atoms with Crippen LogP contribution in [-0.4, -0.2) is 52.4 Å². The van der Waals surface area contributed by atoms with Crippen molar-refractivity contribution in [3.05, 3.63) is 203 Å². The van der Waals surface area contributed by atoms with Crippen molar-refractivity contribution in [2.24, 2.45) is 5.16 Å². The SMILES string of the molecule is COC1=CN(OC(c2ccccc2)c2ccccc2)C(CO/N=C(\C(=O)O)c2csc(NC(c3ccccc3)(c3ccccc3)c3ccccc3)n2)CC1=O. The van der Waals surface area contributed by atoms with E-state index in [1.165, 1.54) is 29.7 Å². The zero-order valence-electron chi connectivity index (χ0n) is 29.9. The first-order valence-electron chi connectivity index (χ1n) is 17.6. The quantitative estimate of drug-likeness (QED) is 0.0608. The van der Waals surface area contributed by atoms with Crippen LogP contribution in [0, 0.1) is 0 Å². The van der Waals surface area contributed by atoms with E-state index in [-0.39, 0.29) is 36.0 Å². The molecule has 2 heterocycles. The number of carboxylic acid groups (broad SMARTS) is 1. The molecule has 0 amide bonds. The largest absolute Gasteiger partial charge is 0.491 e. The van der Waals surface area contributed by atoms with Gasteiger partial charge in [-0.05, 0) is 27.8 Å². The molecule has 11 heteroatoms. The third-order valence-electron chi connectivity index (χ3n) is 9.24. The van der Waals surface area contributed by atoms with Crippen LogP contribution in [0.3, 0.4) is 0 Å². The van der Waals surface area contributed by atoms with E-state index in [0.717, 1.165) is 27.8 Å². The van der Waals surface area contributed by atoms with Gasteiger partial charge in [0.15, 0.2) is 10.9 Å². The summed E-state index contributed by atoms with van der Waals surface area (Å²) in [5.41, 5.74) is 3.58. The summed E-state index contributed by atoms with van der Waals surface area (Å²) in [6, 6.07) is 48.9. The van der Waals surface area contributed by atoms with Crippen LogP contribution in [0.1, 0.15) is 46.0 Å². The van der Waals surface area contributed by atoms with Gasteiger partial charge >= 0.3 is 5.97 Å². The van der Waals surface area contributed by atoms with E-state index < -0.39 is 23.7 Å². The number of carboxylic acids is 1. The minimum absolute atomic E-state index is 0.0147. The number of hydrogen-bond acceptors (Lipinski definition) is 10. The van der Waals surface area contributed by atoms with Crippen LogP contribution in [0.4, 0.5) is 5.13 Å². The molecule has 0 fully saturated rings. The van der Waals surface area contributed by atoms with Gasteiger partial charge in [-0.1, -0.05) is 157 Å². The van der Waals surface area contributed by atoms with Gasteiger partial charge < -0.3 is 20.0 Å². The highest BCUT2D eigenvalue weighted by atomic mass is 32.1. The number of Topliss-reactive ketones (excluding diaryl/α,β-unsaturated/α-hetero) is 1. The van der Waals surface area contributed by atoms with Crippen molar-refractivity contribution in [3.63, 3.8) is 0 Å². The number of carbonyl (C=O) groups is 2. The molecule has 1 aliphatic rings. The van der Waals surface area contributed by atoms with Crippen LogP contribution in [0.25, 0.3) is 0 Å². The Hall–Kier alpha value is -6.56. The molecule has 1 aromatic heterocycles. The second-order valence-electron chi connectivity index (χ2n) is 12.7. The Morgan fingerprint density at radius 3 is 1.80 bits per heavy atom. The average Bonchev–Trinajstić information content (AvgIpc) is 3.70. The number of nitrogens with one attached hydrogen (secondary N) is 1. The molecule has 0 saturated carbocycles. The van der Waals surface area contributed by atoms with Crippen molar-refractivity contribution in [3.8, 4) is 0 Å². The predicted molar refractivity (Wildman–Crippen MR) is 211 cm³/mol. The Morgan fingerprint density at radius 1 is 0.836 bits per heavy atom. The number of benzene rings is 5. The van der Waals surface area contributed by atoms with E-state index in [2.05, 4.69) is 46.9 Å². The summed E-state index contributed by atoms with van der Waals surface area (Å²) in [5, 5.41) is 21.6. The Morgan fingerprint density at radius 2 is 1.33 bits per heavy atom. The van der Waals surface area contributed by atoms with Gasteiger partial charge in [-0.15, -0.1) is 11.3 Å². The number of hydroxylamine groups is 2. The van der Waals surface area contributed by atoms with Gasteiger partial charge in [0.05, 0.1) is 13.3 Å². The molecule has 1 aliphatic heterocycles. The first-order valence-corrected chi connectivity index (χ1v) is 18.5. The maximum Gasteiger partial charge on any atom is 0.360 e. The Kier molecular flexibility index (Phi) is 11.4. The van der Waals surface area contributed by atoms with Gasteiger partial charge in [0.1, 0.15) is 30.0 Å². The Balaban J connectivity index is 1.16. The number of thiazole rings is 1. The number of aliphatic carboxylic acids is 1. The average molecular weight is 751 g/mol. The molecular weight excluding hydrogens is 713 g/mol. The van der Waals surface area contributed by atoms with E-state index >= 15 is 0 Å². The molecule has 0 saturated heterocycles. The number of aromatic nitrogens is 1. The number of hydrogen-bond donors (Lipinski definition) is 2. The van der Waals surface area contributed by atoms with E-state index in [1.54, 1.807) is 5.38 Å². The lowest BCUT2D eigenvalue weighted by atomic mass is 9.77. The van der Waals surface area contributed by atoms with Gasteiger partial charge in [-0.25, -0.2) is 14.8 Å². The zero-order valence-corrected chi connectivity index (χ0v) is 30.7. The molecule has 1 unspecified atom stereocenters. The molecule has 2 N–H and O–H groups in total. The number of ketones is 1. The second kappa shape index (κ2) is 17.1. The van der Waals surface area contributed by atoms with Crippen LogP contribution in [0.2, 0.25) is 0 Å². The number of rotatable bonds is 15. The number of carbonyl (C=O) groups excluding carboxylic acids is 1. The molecule has 5 aromatic carbocycles. The molecule has 276 valence electrons. The molecule has 55 heavy (non-hydrogen) atoms. The predicted octanol–water partition coefficient (Wildman–Crippen LogP) is 8.20. The first-order chi connectivity index (χ1) is 27.0. The number of allylic oxidation sites excluding steroid dienone is 1. The fourth-order valence-electron chi connectivity index (χ4n) is 6.57. The van der Waals surface area contributed by atoms with Gasteiger partial charge in [-0.3, -0.25) is 9.63 Å². The number of oxime groups is 1. The molecule has 0 radical (unpaired) electrons. The topological polar surface area (TPSA) is 123 Å². The summed E-state index contributed by atoms with van der Waals surface area (Å²) in [5.74, 6) is -1.44. The standard InChI is InChI=1S/C44H38N4O6S/c1-52-39-28-48(54-41(31-17-7-2-8-18-31)32-19-9-3-10-20-32)36(27-38(39)49)29-53-47-40(42(50)51)37-30-55-43(45-37)46-44(33-21-11-4-12-22-33,34-23-13-5-14-24-34)35-25-15-6-16-26-35/h2-26,28,30,36,41H,27,29H2,1H3,(H,45,46)(H,50,51)/b47-40-. The Bertz CT molecular complexity index is 2110. The lowest BCUT2D eigenvalue weighted by Crippen LogP contribution is -2.41. The van der Waals surface area contributed by atoms with Crippen LogP contribution in [0.5, 0.6) is 0 Å². The van der Waals surface area contributed by atoms with Crippen LogP contribution >= 0.6 is 11.3 Å². The van der Waals surface area contributed by atoms with E-state index in [0.29, 0.717) is 5.13 Å². The highest BCUT2D eigenvalue weighted by Gasteiger charge is 2.38. The van der Waals surface area contributed by atoms with Crippen molar-refractivity contribution in [2.45, 2.75) is 24.1 Å². The van der Waals surface area contributed by atoms with Crippen LogP contribution in [0.15, 0.2) is 174 Å². The van der Waals surface area contributed by atoms with Gasteiger partial charge in [0.25, 0.3) is 0 Å². The molecule has 0 spiro atoms. The molecule has 7 rings (SSSR count). The van der Waals surface area contributed by atoms with E-state index in [4.69, 9.17) is 19.4 Å². The van der Waals surface area contributed by atoms with Crippen LogP contribution in [-0.2, 0) is 29.5 Å². The van der Waals surface area contributed by atoms with Gasteiger partial charge in [-0.2, -0.15) is 0 Å². The van der Waals surface area contributed by atoms with Gasteiger partial charge in [0.2, 0.25) is 11.5 Å². The lowest BCUT2D eigenvalue weighted by molar-refractivity contribution is -0.196. The summed E-state index contributed by atoms with van der Waals surface area (Å²) < 4.78 is 5.36. The highest BCUT2D eigenvalue weighted by Crippen LogP contribution is 2.40. The minimum atomic E-state index is -1.32. The third kappa shape index (κ3) is 8.18. The minimum Gasteiger partial charge on any atom is -0.491 e. The third-order valence-corrected chi connectivity index (χ3v) is 10.00. The summed E-state index contributed by atoms with van der Waals surface area (Å²) in [7, 11) is 1.43. The summed E-state index contributed by atoms with van der Waals surface area (Å²) in [4.78, 5) is 42.6. The normalized spacial score (nSPS) is 14.7. The summed E-state index contributed by atoms with van der Waals surface area (Å²) in [6.07, 6.45) is 0.956.